The van der Waals surface area contributed by atoms with Crippen LogP contribution in [0.15, 0.2) is 36.7 Å². The van der Waals surface area contributed by atoms with Crippen molar-refractivity contribution < 1.29 is 0 Å². The third-order valence-corrected chi connectivity index (χ3v) is 3.99. The van der Waals surface area contributed by atoms with E-state index in [1.165, 1.54) is 11.1 Å². The second kappa shape index (κ2) is 5.59. The molecule has 2 heterocycles. The Kier molecular flexibility index (Phi) is 3.65. The Balaban J connectivity index is 1.82. The Morgan fingerprint density at radius 1 is 1.20 bits per heavy atom. The van der Waals surface area contributed by atoms with Crippen molar-refractivity contribution in [3.63, 3.8) is 0 Å². The number of hydrogen-bond donors (Lipinski definition) is 1. The lowest BCUT2D eigenvalue weighted by Gasteiger charge is -2.23. The molecule has 4 heteroatoms. The first-order chi connectivity index (χ1) is 9.75. The molecule has 0 aliphatic carbocycles. The van der Waals surface area contributed by atoms with Crippen LogP contribution in [0.25, 0.3) is 11.1 Å². The summed E-state index contributed by atoms with van der Waals surface area (Å²) in [7, 11) is 2.07. The number of aryl methyl sites for hydroxylation is 1. The molecule has 1 fully saturated rings. The molecule has 1 aliphatic heterocycles. The molecule has 1 atom stereocenters. The normalized spacial score (nSPS) is 18.2. The Hall–Kier alpha value is -1.94. The van der Waals surface area contributed by atoms with Gasteiger partial charge in [-0.25, -0.2) is 9.97 Å². The van der Waals surface area contributed by atoms with Gasteiger partial charge in [0.1, 0.15) is 0 Å². The number of nitrogens with one attached hydrogen (secondary N) is 1. The summed E-state index contributed by atoms with van der Waals surface area (Å²) in [5.41, 5.74) is 3.52. The topological polar surface area (TPSA) is 41.1 Å². The quantitative estimate of drug-likeness (QED) is 0.927. The predicted molar refractivity (Wildman–Crippen MR) is 81.9 cm³/mol. The summed E-state index contributed by atoms with van der Waals surface area (Å²) in [6.07, 6.45) is 4.99. The Bertz CT molecular complexity index is 573. The van der Waals surface area contributed by atoms with E-state index in [0.717, 1.165) is 31.0 Å². The molecular formula is C16H20N4. The van der Waals surface area contributed by atoms with E-state index in [9.17, 15) is 0 Å². The van der Waals surface area contributed by atoms with Crippen LogP contribution in [0.5, 0.6) is 0 Å². The molecule has 1 aromatic heterocycles. The maximum atomic E-state index is 4.53. The lowest BCUT2D eigenvalue weighted by molar-refractivity contribution is 0.668. The summed E-state index contributed by atoms with van der Waals surface area (Å²) < 4.78 is 0. The van der Waals surface area contributed by atoms with Gasteiger partial charge in [0, 0.05) is 37.6 Å². The van der Waals surface area contributed by atoms with Crippen molar-refractivity contribution in [3.05, 3.63) is 42.2 Å². The zero-order valence-electron chi connectivity index (χ0n) is 12.0. The Morgan fingerprint density at radius 2 is 1.95 bits per heavy atom. The van der Waals surface area contributed by atoms with Gasteiger partial charge in [-0.15, -0.1) is 0 Å². The van der Waals surface area contributed by atoms with Crippen LogP contribution in [-0.4, -0.2) is 36.1 Å². The monoisotopic (exact) mass is 268 g/mol. The highest BCUT2D eigenvalue weighted by Gasteiger charge is 2.21. The number of benzene rings is 1. The van der Waals surface area contributed by atoms with Gasteiger partial charge in [0.25, 0.3) is 0 Å². The van der Waals surface area contributed by atoms with Crippen LogP contribution in [-0.2, 0) is 0 Å². The largest absolute Gasteiger partial charge is 0.340 e. The summed E-state index contributed by atoms with van der Waals surface area (Å²) in [6.45, 7) is 4.20. The summed E-state index contributed by atoms with van der Waals surface area (Å²) in [5, 5.41) is 3.37. The molecule has 2 aromatic rings. The van der Waals surface area contributed by atoms with Gasteiger partial charge < -0.3 is 10.2 Å². The van der Waals surface area contributed by atoms with Crippen molar-refractivity contribution in [2.45, 2.75) is 19.4 Å². The van der Waals surface area contributed by atoms with Gasteiger partial charge in [-0.05, 0) is 31.0 Å². The number of likely N-dealkylation sites (N-methyl/N-ethyl adjacent to an activating group) is 1. The molecule has 0 amide bonds. The third kappa shape index (κ3) is 2.51. The van der Waals surface area contributed by atoms with Gasteiger partial charge in [-0.2, -0.15) is 0 Å². The van der Waals surface area contributed by atoms with E-state index in [2.05, 4.69) is 52.4 Å². The predicted octanol–water partition coefficient (Wildman–Crippen LogP) is 2.25. The Labute approximate surface area is 119 Å². The van der Waals surface area contributed by atoms with E-state index < -0.39 is 0 Å². The fraction of sp³-hybridized carbons (Fsp3) is 0.375. The minimum atomic E-state index is 0.499. The van der Waals surface area contributed by atoms with Gasteiger partial charge in [0.05, 0.1) is 0 Å². The molecule has 20 heavy (non-hydrogen) atoms. The molecule has 104 valence electrons. The average molecular weight is 268 g/mol. The molecule has 0 spiro atoms. The lowest BCUT2D eigenvalue weighted by atomic mass is 10.0. The van der Waals surface area contributed by atoms with Gasteiger partial charge in [0.2, 0.25) is 5.95 Å². The maximum absolute atomic E-state index is 4.53. The first kappa shape index (κ1) is 13.1. The highest BCUT2D eigenvalue weighted by molar-refractivity contribution is 5.65. The number of rotatable bonds is 3. The molecule has 0 saturated carbocycles. The minimum absolute atomic E-state index is 0.499. The molecule has 1 saturated heterocycles. The van der Waals surface area contributed by atoms with Crippen LogP contribution < -0.4 is 10.2 Å². The minimum Gasteiger partial charge on any atom is -0.340 e. The standard InChI is InChI=1S/C16H20N4/c1-12-5-3-4-6-15(12)13-9-18-16(19-10-13)20(2)14-7-8-17-11-14/h3-6,9-10,14,17H,7-8,11H2,1-2H3. The van der Waals surface area contributed by atoms with Gasteiger partial charge >= 0.3 is 0 Å². The first-order valence-corrected chi connectivity index (χ1v) is 7.07. The van der Waals surface area contributed by atoms with E-state index >= 15 is 0 Å². The van der Waals surface area contributed by atoms with Crippen molar-refractivity contribution in [3.8, 4) is 11.1 Å². The van der Waals surface area contributed by atoms with Crippen molar-refractivity contribution in [1.82, 2.24) is 15.3 Å². The van der Waals surface area contributed by atoms with Crippen molar-refractivity contribution in [2.24, 2.45) is 0 Å². The van der Waals surface area contributed by atoms with E-state index in [1.54, 1.807) is 0 Å². The molecule has 1 aromatic carbocycles. The van der Waals surface area contributed by atoms with Crippen molar-refractivity contribution >= 4 is 5.95 Å². The number of nitrogens with zero attached hydrogens (tertiary/aromatic N) is 3. The van der Waals surface area contributed by atoms with E-state index in [1.807, 2.05) is 18.5 Å². The summed E-state index contributed by atoms with van der Waals surface area (Å²) >= 11 is 0. The van der Waals surface area contributed by atoms with Gasteiger partial charge in [0.15, 0.2) is 0 Å². The fourth-order valence-corrected chi connectivity index (χ4v) is 2.67. The van der Waals surface area contributed by atoms with E-state index in [4.69, 9.17) is 0 Å². The number of aromatic nitrogens is 2. The van der Waals surface area contributed by atoms with Crippen LogP contribution in [0.3, 0.4) is 0 Å². The summed E-state index contributed by atoms with van der Waals surface area (Å²) in [6, 6.07) is 8.82. The van der Waals surface area contributed by atoms with Crippen LogP contribution in [0, 0.1) is 6.92 Å². The van der Waals surface area contributed by atoms with Crippen LogP contribution in [0.2, 0.25) is 0 Å². The maximum Gasteiger partial charge on any atom is 0.225 e. The molecule has 0 bridgehead atoms. The second-order valence-electron chi connectivity index (χ2n) is 5.34. The summed E-state index contributed by atoms with van der Waals surface area (Å²) in [5.74, 6) is 0.802. The molecule has 4 nitrogen and oxygen atoms in total. The zero-order valence-corrected chi connectivity index (χ0v) is 12.0. The molecule has 1 aliphatic rings. The van der Waals surface area contributed by atoms with E-state index in [0.29, 0.717) is 6.04 Å². The first-order valence-electron chi connectivity index (χ1n) is 7.07. The van der Waals surface area contributed by atoms with Gasteiger partial charge in [-0.1, -0.05) is 24.3 Å². The van der Waals surface area contributed by atoms with E-state index in [-0.39, 0.29) is 0 Å². The fourth-order valence-electron chi connectivity index (χ4n) is 2.67. The van der Waals surface area contributed by atoms with Crippen LogP contribution in [0.1, 0.15) is 12.0 Å². The van der Waals surface area contributed by atoms with Crippen LogP contribution in [0.4, 0.5) is 5.95 Å². The SMILES string of the molecule is Cc1ccccc1-c1cnc(N(C)C2CCNC2)nc1. The molecular weight excluding hydrogens is 248 g/mol. The lowest BCUT2D eigenvalue weighted by Crippen LogP contribution is -2.34. The highest BCUT2D eigenvalue weighted by Crippen LogP contribution is 2.23. The average Bonchev–Trinajstić information content (AvgIpc) is 3.01. The van der Waals surface area contributed by atoms with Crippen molar-refractivity contribution in [1.29, 1.82) is 0 Å². The third-order valence-electron chi connectivity index (χ3n) is 3.99. The molecule has 1 N–H and O–H groups in total. The number of hydrogen-bond acceptors (Lipinski definition) is 4. The zero-order chi connectivity index (χ0) is 13.9. The highest BCUT2D eigenvalue weighted by atomic mass is 15.3. The van der Waals surface area contributed by atoms with Crippen LogP contribution >= 0.6 is 0 Å². The Morgan fingerprint density at radius 3 is 2.60 bits per heavy atom. The second-order valence-corrected chi connectivity index (χ2v) is 5.34. The smallest absolute Gasteiger partial charge is 0.225 e. The number of anilines is 1. The van der Waals surface area contributed by atoms with Crippen molar-refractivity contribution in [2.75, 3.05) is 25.0 Å². The summed E-state index contributed by atoms with van der Waals surface area (Å²) in [4.78, 5) is 11.2. The van der Waals surface area contributed by atoms with Gasteiger partial charge in [-0.3, -0.25) is 0 Å². The molecule has 1 unspecified atom stereocenters. The molecule has 0 radical (unpaired) electrons. The molecule has 3 rings (SSSR count).